The van der Waals surface area contributed by atoms with Gasteiger partial charge in [-0.2, -0.15) is 0 Å². The molecule has 2 N–H and O–H groups in total. The van der Waals surface area contributed by atoms with Gasteiger partial charge in [0.15, 0.2) is 0 Å². The fourth-order valence-corrected chi connectivity index (χ4v) is 1.64. The minimum Gasteiger partial charge on any atom is -0.364 e. The van der Waals surface area contributed by atoms with E-state index in [0.717, 1.165) is 10.9 Å². The number of primary amides is 1. The Balaban J connectivity index is 2.57. The van der Waals surface area contributed by atoms with Gasteiger partial charge in [0, 0.05) is 5.39 Å². The highest BCUT2D eigenvalue weighted by Crippen LogP contribution is 2.20. The Hall–Kier alpha value is -1.90. The van der Waals surface area contributed by atoms with Crippen LogP contribution in [-0.2, 0) is 0 Å². The smallest absolute Gasteiger partial charge is 0.267 e. The van der Waals surface area contributed by atoms with Crippen LogP contribution in [0.1, 0.15) is 35.8 Å². The van der Waals surface area contributed by atoms with Crippen molar-refractivity contribution in [1.82, 2.24) is 4.98 Å². The summed E-state index contributed by atoms with van der Waals surface area (Å²) in [5.74, 6) is -0.00458. The maximum Gasteiger partial charge on any atom is 0.267 e. The predicted octanol–water partition coefficient (Wildman–Crippen LogP) is 2.46. The van der Waals surface area contributed by atoms with Crippen molar-refractivity contribution in [3.8, 4) is 0 Å². The van der Waals surface area contributed by atoms with E-state index in [4.69, 9.17) is 5.73 Å². The molecule has 1 aromatic heterocycles. The second kappa shape index (κ2) is 3.93. The molecule has 0 aliphatic rings. The molecule has 1 aromatic carbocycles. The van der Waals surface area contributed by atoms with E-state index in [2.05, 4.69) is 24.9 Å². The summed E-state index contributed by atoms with van der Waals surface area (Å²) in [5, 5.41) is 1.04. The zero-order valence-electron chi connectivity index (χ0n) is 9.40. The third-order valence-electron chi connectivity index (χ3n) is 2.63. The Bertz CT molecular complexity index is 547. The number of benzene rings is 1. The Morgan fingerprint density at radius 2 is 2.00 bits per heavy atom. The SMILES string of the molecule is CC(C)c1ccc2nc(C(N)=O)ccc2c1. The topological polar surface area (TPSA) is 56.0 Å². The van der Waals surface area contributed by atoms with E-state index in [1.807, 2.05) is 18.2 Å². The monoisotopic (exact) mass is 214 g/mol. The Kier molecular flexibility index (Phi) is 2.60. The van der Waals surface area contributed by atoms with Gasteiger partial charge < -0.3 is 5.73 Å². The van der Waals surface area contributed by atoms with Gasteiger partial charge in [-0.3, -0.25) is 4.79 Å². The third kappa shape index (κ3) is 1.89. The maximum absolute atomic E-state index is 11.0. The molecule has 3 nitrogen and oxygen atoms in total. The van der Waals surface area contributed by atoms with Crippen LogP contribution < -0.4 is 5.73 Å². The average Bonchev–Trinajstić information content (AvgIpc) is 2.27. The molecular weight excluding hydrogens is 200 g/mol. The molecule has 1 amide bonds. The van der Waals surface area contributed by atoms with Crippen molar-refractivity contribution in [2.45, 2.75) is 19.8 Å². The summed E-state index contributed by atoms with van der Waals surface area (Å²) in [6.45, 7) is 4.29. The number of aromatic nitrogens is 1. The van der Waals surface area contributed by atoms with Gasteiger partial charge in [-0.25, -0.2) is 4.98 Å². The minimum absolute atomic E-state index is 0.310. The highest BCUT2D eigenvalue weighted by atomic mass is 16.1. The largest absolute Gasteiger partial charge is 0.364 e. The molecule has 0 aliphatic carbocycles. The maximum atomic E-state index is 11.0. The first-order valence-electron chi connectivity index (χ1n) is 5.28. The number of hydrogen-bond donors (Lipinski definition) is 1. The molecule has 0 bridgehead atoms. The predicted molar refractivity (Wildman–Crippen MR) is 64.3 cm³/mol. The third-order valence-corrected chi connectivity index (χ3v) is 2.63. The van der Waals surface area contributed by atoms with Gasteiger partial charge in [0.05, 0.1) is 5.52 Å². The molecule has 0 atom stereocenters. The number of carbonyl (C=O) groups is 1. The van der Waals surface area contributed by atoms with Crippen LogP contribution in [-0.4, -0.2) is 10.9 Å². The van der Waals surface area contributed by atoms with Crippen LogP contribution in [0.4, 0.5) is 0 Å². The van der Waals surface area contributed by atoms with Crippen molar-refractivity contribution < 1.29 is 4.79 Å². The summed E-state index contributed by atoms with van der Waals surface area (Å²) in [4.78, 5) is 15.2. The number of hydrogen-bond acceptors (Lipinski definition) is 2. The van der Waals surface area contributed by atoms with E-state index < -0.39 is 5.91 Å². The van der Waals surface area contributed by atoms with Crippen molar-refractivity contribution in [3.05, 3.63) is 41.6 Å². The van der Waals surface area contributed by atoms with Gasteiger partial charge in [-0.05, 0) is 29.7 Å². The lowest BCUT2D eigenvalue weighted by Crippen LogP contribution is -2.12. The Morgan fingerprint density at radius 1 is 1.25 bits per heavy atom. The van der Waals surface area contributed by atoms with Crippen molar-refractivity contribution in [3.63, 3.8) is 0 Å². The highest BCUT2D eigenvalue weighted by molar-refractivity contribution is 5.93. The van der Waals surface area contributed by atoms with Crippen molar-refractivity contribution >= 4 is 16.8 Å². The first-order valence-corrected chi connectivity index (χ1v) is 5.28. The molecule has 0 radical (unpaired) electrons. The van der Waals surface area contributed by atoms with E-state index in [-0.39, 0.29) is 0 Å². The van der Waals surface area contributed by atoms with Crippen LogP contribution in [0.25, 0.3) is 10.9 Å². The normalized spacial score (nSPS) is 10.9. The second-order valence-electron chi connectivity index (χ2n) is 4.17. The number of amides is 1. The van der Waals surface area contributed by atoms with Gasteiger partial charge >= 0.3 is 0 Å². The van der Waals surface area contributed by atoms with Crippen LogP contribution in [0.2, 0.25) is 0 Å². The molecule has 2 aromatic rings. The summed E-state index contributed by atoms with van der Waals surface area (Å²) < 4.78 is 0. The number of nitrogens with two attached hydrogens (primary N) is 1. The first kappa shape index (κ1) is 10.6. The number of carbonyl (C=O) groups excluding carboxylic acids is 1. The van der Waals surface area contributed by atoms with Crippen molar-refractivity contribution in [1.29, 1.82) is 0 Å². The van der Waals surface area contributed by atoms with E-state index in [9.17, 15) is 4.79 Å². The van der Waals surface area contributed by atoms with Gasteiger partial charge in [-0.15, -0.1) is 0 Å². The average molecular weight is 214 g/mol. The van der Waals surface area contributed by atoms with Crippen LogP contribution in [0, 0.1) is 0 Å². The van der Waals surface area contributed by atoms with E-state index >= 15 is 0 Å². The second-order valence-corrected chi connectivity index (χ2v) is 4.17. The van der Waals surface area contributed by atoms with Crippen LogP contribution in [0.5, 0.6) is 0 Å². The molecule has 0 saturated carbocycles. The Morgan fingerprint density at radius 3 is 2.62 bits per heavy atom. The van der Waals surface area contributed by atoms with Gasteiger partial charge in [0.1, 0.15) is 5.69 Å². The summed E-state index contributed by atoms with van der Waals surface area (Å²) in [5.41, 5.74) is 7.56. The van der Waals surface area contributed by atoms with Gasteiger partial charge in [0.2, 0.25) is 0 Å². The standard InChI is InChI=1S/C13H14N2O/c1-8(2)9-3-5-11-10(7-9)4-6-12(15-11)13(14)16/h3-8H,1-2H3,(H2,14,16). The number of pyridine rings is 1. The summed E-state index contributed by atoms with van der Waals surface area (Å²) in [7, 11) is 0. The number of rotatable bonds is 2. The molecule has 0 saturated heterocycles. The van der Waals surface area contributed by atoms with E-state index in [1.165, 1.54) is 5.56 Å². The van der Waals surface area contributed by atoms with E-state index in [1.54, 1.807) is 6.07 Å². The van der Waals surface area contributed by atoms with Crippen molar-refractivity contribution in [2.24, 2.45) is 5.73 Å². The Labute approximate surface area is 94.3 Å². The lowest BCUT2D eigenvalue weighted by atomic mass is 10.0. The highest BCUT2D eigenvalue weighted by Gasteiger charge is 2.05. The molecule has 16 heavy (non-hydrogen) atoms. The van der Waals surface area contributed by atoms with E-state index in [0.29, 0.717) is 11.6 Å². The number of nitrogens with zero attached hydrogens (tertiary/aromatic N) is 1. The minimum atomic E-state index is -0.491. The zero-order valence-corrected chi connectivity index (χ0v) is 9.40. The molecule has 2 rings (SSSR count). The molecule has 3 heteroatoms. The quantitative estimate of drug-likeness (QED) is 0.834. The molecule has 1 heterocycles. The zero-order chi connectivity index (χ0) is 11.7. The molecule has 0 unspecified atom stereocenters. The summed E-state index contributed by atoms with van der Waals surface area (Å²) in [6, 6.07) is 9.60. The van der Waals surface area contributed by atoms with Gasteiger partial charge in [-0.1, -0.05) is 26.0 Å². The van der Waals surface area contributed by atoms with Crippen LogP contribution in [0.15, 0.2) is 30.3 Å². The summed E-state index contributed by atoms with van der Waals surface area (Å²) in [6.07, 6.45) is 0. The van der Waals surface area contributed by atoms with Crippen molar-refractivity contribution in [2.75, 3.05) is 0 Å². The van der Waals surface area contributed by atoms with Gasteiger partial charge in [0.25, 0.3) is 5.91 Å². The summed E-state index contributed by atoms with van der Waals surface area (Å²) >= 11 is 0. The molecule has 0 aliphatic heterocycles. The fourth-order valence-electron chi connectivity index (χ4n) is 1.64. The number of fused-ring (bicyclic) bond motifs is 1. The lowest BCUT2D eigenvalue weighted by Gasteiger charge is -2.06. The molecule has 0 fully saturated rings. The fraction of sp³-hybridized carbons (Fsp3) is 0.231. The molecule has 82 valence electrons. The molecular formula is C13H14N2O. The van der Waals surface area contributed by atoms with Crippen LogP contribution in [0.3, 0.4) is 0 Å². The molecule has 0 spiro atoms. The van der Waals surface area contributed by atoms with Crippen LogP contribution >= 0.6 is 0 Å². The first-order chi connectivity index (χ1) is 7.58. The lowest BCUT2D eigenvalue weighted by molar-refractivity contribution is 0.0996.